The summed E-state index contributed by atoms with van der Waals surface area (Å²) in [7, 11) is 2.15. The van der Waals surface area contributed by atoms with Crippen molar-refractivity contribution in [2.45, 2.75) is 40.2 Å². The summed E-state index contributed by atoms with van der Waals surface area (Å²) >= 11 is 6.44. The number of halogens is 1. The van der Waals surface area contributed by atoms with Crippen molar-refractivity contribution in [3.63, 3.8) is 0 Å². The fourth-order valence-electron chi connectivity index (χ4n) is 3.69. The number of likely N-dealkylation sites (N-methyl/N-ethyl adjacent to an activating group) is 1. The van der Waals surface area contributed by atoms with Gasteiger partial charge in [-0.2, -0.15) is 5.10 Å². The Bertz CT molecular complexity index is 913. The first-order chi connectivity index (χ1) is 14.4. The van der Waals surface area contributed by atoms with Gasteiger partial charge in [0.1, 0.15) is 5.15 Å². The van der Waals surface area contributed by atoms with Crippen molar-refractivity contribution in [3.8, 4) is 0 Å². The molecule has 2 heterocycles. The van der Waals surface area contributed by atoms with Gasteiger partial charge >= 0.3 is 0 Å². The van der Waals surface area contributed by atoms with Gasteiger partial charge in [-0.25, -0.2) is 0 Å². The number of benzene rings is 1. The Kier molecular flexibility index (Phi) is 7.56. The van der Waals surface area contributed by atoms with Gasteiger partial charge in [-0.1, -0.05) is 24.9 Å². The Hall–Kier alpha value is -2.31. The third kappa shape index (κ3) is 5.43. The van der Waals surface area contributed by atoms with Crippen LogP contribution in [0.3, 0.4) is 0 Å². The van der Waals surface area contributed by atoms with E-state index in [4.69, 9.17) is 11.6 Å². The summed E-state index contributed by atoms with van der Waals surface area (Å²) in [5, 5.41) is 8.00. The largest absolute Gasteiger partial charge is 0.369 e. The molecule has 1 aromatic carbocycles. The van der Waals surface area contributed by atoms with Crippen molar-refractivity contribution in [3.05, 3.63) is 46.2 Å². The normalized spacial score (nSPS) is 15.2. The SMILES string of the molecule is CCCCn1nc(C)c(/C=C/C(=O)Nc2ccc(N3CCN(C)CC3)c(C)c2)c1Cl. The summed E-state index contributed by atoms with van der Waals surface area (Å²) in [5.74, 6) is -0.182. The van der Waals surface area contributed by atoms with Gasteiger partial charge in [-0.3, -0.25) is 9.48 Å². The minimum absolute atomic E-state index is 0.182. The van der Waals surface area contributed by atoms with Gasteiger partial charge in [-0.15, -0.1) is 0 Å². The summed E-state index contributed by atoms with van der Waals surface area (Å²) in [5.41, 5.74) is 4.81. The van der Waals surface area contributed by atoms with E-state index in [-0.39, 0.29) is 5.91 Å². The van der Waals surface area contributed by atoms with E-state index < -0.39 is 0 Å². The summed E-state index contributed by atoms with van der Waals surface area (Å²) in [6, 6.07) is 6.09. The molecule has 3 rings (SSSR count). The molecule has 30 heavy (non-hydrogen) atoms. The molecule has 6 nitrogen and oxygen atoms in total. The molecule has 1 aliphatic rings. The molecule has 7 heteroatoms. The van der Waals surface area contributed by atoms with E-state index >= 15 is 0 Å². The molecule has 162 valence electrons. The lowest BCUT2D eigenvalue weighted by molar-refractivity contribution is -0.111. The van der Waals surface area contributed by atoms with Crippen molar-refractivity contribution in [2.75, 3.05) is 43.4 Å². The molecule has 2 aromatic rings. The predicted molar refractivity (Wildman–Crippen MR) is 125 cm³/mol. The quantitative estimate of drug-likeness (QED) is 0.664. The Morgan fingerprint density at radius 3 is 2.63 bits per heavy atom. The van der Waals surface area contributed by atoms with Crippen molar-refractivity contribution >= 4 is 35.0 Å². The fourth-order valence-corrected chi connectivity index (χ4v) is 4.01. The highest BCUT2D eigenvalue weighted by Gasteiger charge is 2.16. The van der Waals surface area contributed by atoms with Crippen LogP contribution in [0.2, 0.25) is 5.15 Å². The molecule has 1 fully saturated rings. The number of piperazine rings is 1. The Labute approximate surface area is 184 Å². The molecule has 1 saturated heterocycles. The number of carbonyl (C=O) groups excluding carboxylic acids is 1. The van der Waals surface area contributed by atoms with Crippen LogP contribution in [0.5, 0.6) is 0 Å². The van der Waals surface area contributed by atoms with Crippen LogP contribution in [0.15, 0.2) is 24.3 Å². The second-order valence-corrected chi connectivity index (χ2v) is 8.34. The van der Waals surface area contributed by atoms with E-state index in [9.17, 15) is 4.79 Å². The van der Waals surface area contributed by atoms with E-state index in [0.717, 1.165) is 68.1 Å². The third-order valence-electron chi connectivity index (χ3n) is 5.54. The van der Waals surface area contributed by atoms with Crippen LogP contribution in [0.25, 0.3) is 6.08 Å². The van der Waals surface area contributed by atoms with Gasteiger partial charge < -0.3 is 15.1 Å². The number of nitrogens with one attached hydrogen (secondary N) is 1. The van der Waals surface area contributed by atoms with Crippen LogP contribution in [0, 0.1) is 13.8 Å². The van der Waals surface area contributed by atoms with Crippen molar-refractivity contribution in [1.82, 2.24) is 14.7 Å². The highest BCUT2D eigenvalue weighted by molar-refractivity contribution is 6.31. The maximum absolute atomic E-state index is 12.4. The number of hydrogen-bond acceptors (Lipinski definition) is 4. The van der Waals surface area contributed by atoms with Crippen molar-refractivity contribution in [1.29, 1.82) is 0 Å². The summed E-state index contributed by atoms with van der Waals surface area (Å²) in [4.78, 5) is 17.2. The first-order valence-electron chi connectivity index (χ1n) is 10.6. The molecule has 0 saturated carbocycles. The number of unbranched alkanes of at least 4 members (excludes halogenated alkanes) is 1. The maximum Gasteiger partial charge on any atom is 0.248 e. The fraction of sp³-hybridized carbons (Fsp3) is 0.478. The van der Waals surface area contributed by atoms with Gasteiger partial charge in [-0.05, 0) is 57.2 Å². The molecule has 0 bridgehead atoms. The van der Waals surface area contributed by atoms with E-state index in [1.807, 2.05) is 19.1 Å². The van der Waals surface area contributed by atoms with Gasteiger partial charge in [0.25, 0.3) is 0 Å². The Morgan fingerprint density at radius 1 is 1.23 bits per heavy atom. The maximum atomic E-state index is 12.4. The lowest BCUT2D eigenvalue weighted by Gasteiger charge is -2.35. The molecule has 1 N–H and O–H groups in total. The molecule has 1 amide bonds. The van der Waals surface area contributed by atoms with E-state index in [1.165, 1.54) is 11.8 Å². The van der Waals surface area contributed by atoms with Crippen LogP contribution >= 0.6 is 11.6 Å². The number of carbonyl (C=O) groups is 1. The molecule has 0 spiro atoms. The molecule has 1 aliphatic heterocycles. The van der Waals surface area contributed by atoms with Crippen molar-refractivity contribution < 1.29 is 4.79 Å². The standard InChI is InChI=1S/C23H32ClN5O/c1-5-6-11-29-23(24)20(18(3)26-29)8-10-22(30)25-19-7-9-21(17(2)16-19)28-14-12-27(4)13-15-28/h7-10,16H,5-6,11-15H2,1-4H3,(H,25,30)/b10-8+. The first kappa shape index (κ1) is 22.4. The minimum atomic E-state index is -0.182. The van der Waals surface area contributed by atoms with Gasteiger partial charge in [0.05, 0.1) is 5.69 Å². The van der Waals surface area contributed by atoms with E-state index in [0.29, 0.717) is 5.15 Å². The lowest BCUT2D eigenvalue weighted by Crippen LogP contribution is -2.44. The number of aryl methyl sites for hydroxylation is 3. The Balaban J connectivity index is 1.64. The second kappa shape index (κ2) is 10.1. The van der Waals surface area contributed by atoms with Gasteiger partial charge in [0.2, 0.25) is 5.91 Å². The molecule has 1 aromatic heterocycles. The van der Waals surface area contributed by atoms with Crippen LogP contribution in [-0.4, -0.2) is 53.8 Å². The van der Waals surface area contributed by atoms with Crippen molar-refractivity contribution in [2.24, 2.45) is 0 Å². The van der Waals surface area contributed by atoms with Crippen LogP contribution in [-0.2, 0) is 11.3 Å². The van der Waals surface area contributed by atoms with E-state index in [2.05, 4.69) is 47.2 Å². The molecule has 0 unspecified atom stereocenters. The number of hydrogen-bond donors (Lipinski definition) is 1. The average molecular weight is 430 g/mol. The molecular weight excluding hydrogens is 398 g/mol. The van der Waals surface area contributed by atoms with E-state index in [1.54, 1.807) is 10.8 Å². The molecular formula is C23H32ClN5O. The average Bonchev–Trinajstić information content (AvgIpc) is 2.98. The number of nitrogens with zero attached hydrogens (tertiary/aromatic N) is 4. The molecule has 0 atom stereocenters. The number of anilines is 2. The third-order valence-corrected chi connectivity index (χ3v) is 5.94. The highest BCUT2D eigenvalue weighted by Crippen LogP contribution is 2.25. The minimum Gasteiger partial charge on any atom is -0.369 e. The zero-order valence-electron chi connectivity index (χ0n) is 18.4. The van der Waals surface area contributed by atoms with Gasteiger partial charge in [0.15, 0.2) is 0 Å². The first-order valence-corrected chi connectivity index (χ1v) is 11.0. The monoisotopic (exact) mass is 429 g/mol. The smallest absolute Gasteiger partial charge is 0.248 e. The number of amides is 1. The second-order valence-electron chi connectivity index (χ2n) is 7.98. The lowest BCUT2D eigenvalue weighted by atomic mass is 10.1. The van der Waals surface area contributed by atoms with Crippen LogP contribution < -0.4 is 10.2 Å². The van der Waals surface area contributed by atoms with Crippen LogP contribution in [0.1, 0.15) is 36.6 Å². The summed E-state index contributed by atoms with van der Waals surface area (Å²) < 4.78 is 1.80. The zero-order chi connectivity index (χ0) is 21.7. The topological polar surface area (TPSA) is 53.4 Å². The highest BCUT2D eigenvalue weighted by atomic mass is 35.5. The summed E-state index contributed by atoms with van der Waals surface area (Å²) in [6.07, 6.45) is 5.36. The van der Waals surface area contributed by atoms with Gasteiger partial charge in [0, 0.05) is 55.7 Å². The number of rotatable bonds is 7. The zero-order valence-corrected chi connectivity index (χ0v) is 19.2. The number of aromatic nitrogens is 2. The summed E-state index contributed by atoms with van der Waals surface area (Å²) in [6.45, 7) is 11.1. The van der Waals surface area contributed by atoms with Crippen LogP contribution in [0.4, 0.5) is 11.4 Å². The Morgan fingerprint density at radius 2 is 1.97 bits per heavy atom. The predicted octanol–water partition coefficient (Wildman–Crippen LogP) is 4.36. The molecule has 0 radical (unpaired) electrons. The molecule has 0 aliphatic carbocycles.